The van der Waals surface area contributed by atoms with Gasteiger partial charge in [0, 0.05) is 25.8 Å². The van der Waals surface area contributed by atoms with Crippen molar-refractivity contribution in [2.45, 2.75) is 19.4 Å². The predicted molar refractivity (Wildman–Crippen MR) is 110 cm³/mol. The Morgan fingerprint density at radius 1 is 1.10 bits per heavy atom. The summed E-state index contributed by atoms with van der Waals surface area (Å²) in [5.74, 6) is -0.873. The Morgan fingerprint density at radius 3 is 2.48 bits per heavy atom. The van der Waals surface area contributed by atoms with E-state index in [-0.39, 0.29) is 11.3 Å². The Labute approximate surface area is 170 Å². The number of ether oxygens (including phenoxy) is 2. The summed E-state index contributed by atoms with van der Waals surface area (Å²) < 4.78 is 10.4. The van der Waals surface area contributed by atoms with Gasteiger partial charge < -0.3 is 19.5 Å². The SMILES string of the molecule is COCCCN1C(=O)C(=O)/C(=C(/O)c2ccc(C)cc2)C1c1cccc(OC)c1. The van der Waals surface area contributed by atoms with E-state index in [1.54, 1.807) is 44.6 Å². The van der Waals surface area contributed by atoms with Gasteiger partial charge in [-0.3, -0.25) is 9.59 Å². The molecule has 1 fully saturated rings. The van der Waals surface area contributed by atoms with E-state index in [9.17, 15) is 14.7 Å². The van der Waals surface area contributed by atoms with Crippen molar-refractivity contribution in [1.29, 1.82) is 0 Å². The number of rotatable bonds is 7. The smallest absolute Gasteiger partial charge is 0.295 e. The molecule has 1 aliphatic heterocycles. The number of aliphatic hydroxyl groups is 1. The van der Waals surface area contributed by atoms with Gasteiger partial charge in [-0.05, 0) is 31.0 Å². The van der Waals surface area contributed by atoms with Gasteiger partial charge >= 0.3 is 0 Å². The first kappa shape index (κ1) is 20.6. The van der Waals surface area contributed by atoms with Crippen LogP contribution < -0.4 is 4.74 Å². The van der Waals surface area contributed by atoms with Crippen molar-refractivity contribution in [3.8, 4) is 5.75 Å². The molecule has 2 aromatic rings. The Morgan fingerprint density at radius 2 is 1.83 bits per heavy atom. The minimum atomic E-state index is -0.691. The van der Waals surface area contributed by atoms with Gasteiger partial charge in [0.2, 0.25) is 0 Å². The number of ketones is 1. The van der Waals surface area contributed by atoms with Gasteiger partial charge in [0.05, 0.1) is 18.7 Å². The molecule has 1 N–H and O–H groups in total. The predicted octanol–water partition coefficient (Wildman–Crippen LogP) is 3.46. The second-order valence-electron chi connectivity index (χ2n) is 6.98. The van der Waals surface area contributed by atoms with Gasteiger partial charge in [0.15, 0.2) is 0 Å². The van der Waals surface area contributed by atoms with E-state index in [1.165, 1.54) is 4.90 Å². The molecular weight excluding hydrogens is 370 g/mol. The Kier molecular flexibility index (Phi) is 6.34. The quantitative estimate of drug-likeness (QED) is 0.336. The fraction of sp³-hybridized carbons (Fsp3) is 0.304. The zero-order valence-corrected chi connectivity index (χ0v) is 16.8. The first-order valence-electron chi connectivity index (χ1n) is 9.46. The van der Waals surface area contributed by atoms with Gasteiger partial charge in [-0.2, -0.15) is 0 Å². The highest BCUT2D eigenvalue weighted by Gasteiger charge is 2.45. The summed E-state index contributed by atoms with van der Waals surface area (Å²) in [4.78, 5) is 27.2. The molecule has 1 unspecified atom stereocenters. The molecule has 1 heterocycles. The van der Waals surface area contributed by atoms with Crippen LogP contribution in [-0.4, -0.2) is 49.1 Å². The van der Waals surface area contributed by atoms with Gasteiger partial charge in [-0.25, -0.2) is 0 Å². The summed E-state index contributed by atoms with van der Waals surface area (Å²) >= 11 is 0. The number of carbonyl (C=O) groups is 2. The topological polar surface area (TPSA) is 76.1 Å². The Bertz CT molecular complexity index is 933. The summed E-state index contributed by atoms with van der Waals surface area (Å²) in [6.07, 6.45) is 0.578. The molecule has 0 saturated carbocycles. The number of methoxy groups -OCH3 is 2. The zero-order chi connectivity index (χ0) is 21.0. The minimum absolute atomic E-state index is 0.0875. The molecule has 152 valence electrons. The summed E-state index contributed by atoms with van der Waals surface area (Å²) in [5, 5.41) is 11.0. The third-order valence-corrected chi connectivity index (χ3v) is 5.02. The lowest BCUT2D eigenvalue weighted by Crippen LogP contribution is -2.31. The Balaban J connectivity index is 2.12. The molecule has 29 heavy (non-hydrogen) atoms. The number of carbonyl (C=O) groups excluding carboxylic acids is 2. The lowest BCUT2D eigenvalue weighted by molar-refractivity contribution is -0.140. The molecule has 2 aromatic carbocycles. The van der Waals surface area contributed by atoms with Gasteiger partial charge in [-0.15, -0.1) is 0 Å². The maximum Gasteiger partial charge on any atom is 0.295 e. The molecule has 0 aliphatic carbocycles. The van der Waals surface area contributed by atoms with Crippen molar-refractivity contribution in [1.82, 2.24) is 4.90 Å². The fourth-order valence-electron chi connectivity index (χ4n) is 3.51. The monoisotopic (exact) mass is 395 g/mol. The van der Waals surface area contributed by atoms with Crippen LogP contribution >= 0.6 is 0 Å². The first-order chi connectivity index (χ1) is 14.0. The van der Waals surface area contributed by atoms with E-state index in [0.717, 1.165) is 5.56 Å². The molecule has 1 amide bonds. The molecule has 6 nitrogen and oxygen atoms in total. The minimum Gasteiger partial charge on any atom is -0.507 e. The highest BCUT2D eigenvalue weighted by molar-refractivity contribution is 6.46. The van der Waals surface area contributed by atoms with Crippen LogP contribution in [0.25, 0.3) is 5.76 Å². The molecule has 6 heteroatoms. The highest BCUT2D eigenvalue weighted by Crippen LogP contribution is 2.40. The molecule has 1 atom stereocenters. The van der Waals surface area contributed by atoms with Crippen LogP contribution in [-0.2, 0) is 14.3 Å². The number of Topliss-reactive ketones (excluding diaryl/α,β-unsaturated/α-hetero) is 1. The third kappa shape index (κ3) is 4.17. The zero-order valence-electron chi connectivity index (χ0n) is 16.8. The van der Waals surface area contributed by atoms with Crippen molar-refractivity contribution in [3.63, 3.8) is 0 Å². The summed E-state index contributed by atoms with van der Waals surface area (Å²) in [6.45, 7) is 2.74. The van der Waals surface area contributed by atoms with E-state index in [2.05, 4.69) is 0 Å². The molecule has 0 aromatic heterocycles. The third-order valence-electron chi connectivity index (χ3n) is 5.02. The number of aryl methyl sites for hydroxylation is 1. The normalized spacial score (nSPS) is 18.3. The molecule has 1 saturated heterocycles. The summed E-state index contributed by atoms with van der Waals surface area (Å²) in [6, 6.07) is 13.7. The van der Waals surface area contributed by atoms with E-state index >= 15 is 0 Å². The maximum absolute atomic E-state index is 12.9. The number of aliphatic hydroxyl groups excluding tert-OH is 1. The number of hydrogen-bond acceptors (Lipinski definition) is 5. The van der Waals surface area contributed by atoms with Crippen molar-refractivity contribution in [2.24, 2.45) is 0 Å². The van der Waals surface area contributed by atoms with Gasteiger partial charge in [0.25, 0.3) is 11.7 Å². The number of benzene rings is 2. The number of amides is 1. The van der Waals surface area contributed by atoms with Crippen molar-refractivity contribution < 1.29 is 24.2 Å². The van der Waals surface area contributed by atoms with Crippen LogP contribution in [0.5, 0.6) is 5.75 Å². The second-order valence-corrected chi connectivity index (χ2v) is 6.98. The Hall–Kier alpha value is -3.12. The van der Waals surface area contributed by atoms with Gasteiger partial charge in [0.1, 0.15) is 11.5 Å². The van der Waals surface area contributed by atoms with Crippen molar-refractivity contribution in [2.75, 3.05) is 27.4 Å². The molecule has 0 spiro atoms. The van der Waals surface area contributed by atoms with E-state index in [1.807, 2.05) is 25.1 Å². The molecule has 0 radical (unpaired) electrons. The van der Waals surface area contributed by atoms with Crippen molar-refractivity contribution in [3.05, 3.63) is 70.8 Å². The lowest BCUT2D eigenvalue weighted by atomic mass is 9.95. The number of nitrogens with zero attached hydrogens (tertiary/aromatic N) is 1. The van der Waals surface area contributed by atoms with Crippen LogP contribution in [0.2, 0.25) is 0 Å². The number of likely N-dealkylation sites (tertiary alicyclic amines) is 1. The van der Waals surface area contributed by atoms with Crippen LogP contribution in [0, 0.1) is 6.92 Å². The standard InChI is InChI=1S/C23H25NO5/c1-15-8-10-16(11-9-15)21(25)19-20(17-6-4-7-18(14-17)29-3)24(12-5-13-28-2)23(27)22(19)26/h4,6-11,14,20,25H,5,12-13H2,1-3H3/b21-19+. The van der Waals surface area contributed by atoms with E-state index in [4.69, 9.17) is 9.47 Å². The first-order valence-corrected chi connectivity index (χ1v) is 9.46. The van der Waals surface area contributed by atoms with Crippen LogP contribution in [0.1, 0.15) is 29.2 Å². The van der Waals surface area contributed by atoms with Crippen LogP contribution in [0.4, 0.5) is 0 Å². The largest absolute Gasteiger partial charge is 0.507 e. The van der Waals surface area contributed by atoms with E-state index < -0.39 is 17.7 Å². The van der Waals surface area contributed by atoms with E-state index in [0.29, 0.717) is 36.4 Å². The molecule has 0 bridgehead atoms. The maximum atomic E-state index is 12.9. The van der Waals surface area contributed by atoms with Crippen LogP contribution in [0.15, 0.2) is 54.1 Å². The average molecular weight is 395 g/mol. The fourth-order valence-corrected chi connectivity index (χ4v) is 3.51. The average Bonchev–Trinajstić information content (AvgIpc) is 2.99. The van der Waals surface area contributed by atoms with Crippen LogP contribution in [0.3, 0.4) is 0 Å². The second kappa shape index (κ2) is 8.92. The van der Waals surface area contributed by atoms with Crippen molar-refractivity contribution >= 4 is 17.4 Å². The summed E-state index contributed by atoms with van der Waals surface area (Å²) in [5.41, 5.74) is 2.32. The van der Waals surface area contributed by atoms with Gasteiger partial charge in [-0.1, -0.05) is 42.0 Å². The highest BCUT2D eigenvalue weighted by atomic mass is 16.5. The molecular formula is C23H25NO5. The lowest BCUT2D eigenvalue weighted by Gasteiger charge is -2.25. The number of hydrogen-bond donors (Lipinski definition) is 1. The molecule has 3 rings (SSSR count). The summed E-state index contributed by atoms with van der Waals surface area (Å²) in [7, 11) is 3.14. The molecule has 1 aliphatic rings.